The van der Waals surface area contributed by atoms with Crippen molar-refractivity contribution in [3.8, 4) is 0 Å². The van der Waals surface area contributed by atoms with Gasteiger partial charge in [0.15, 0.2) is 5.58 Å². The normalized spacial score (nSPS) is 11.7. The Morgan fingerprint density at radius 2 is 1.96 bits per heavy atom. The van der Waals surface area contributed by atoms with Crippen molar-refractivity contribution in [1.29, 1.82) is 0 Å². The molecule has 3 heterocycles. The quantitative estimate of drug-likeness (QED) is 0.676. The lowest BCUT2D eigenvalue weighted by Crippen LogP contribution is -2.26. The minimum atomic E-state index is -0.201. The van der Waals surface area contributed by atoms with Crippen LogP contribution >= 0.6 is 0 Å². The highest BCUT2D eigenvalue weighted by Crippen LogP contribution is 2.40. The maximum atomic E-state index is 9.70. The first-order chi connectivity index (χ1) is 11.4. The van der Waals surface area contributed by atoms with Crippen molar-refractivity contribution in [2.24, 2.45) is 0 Å². The Morgan fingerprint density at radius 1 is 1.17 bits per heavy atom. The first kappa shape index (κ1) is 16.2. The molecular formula is C17H21N5O2. The fraction of sp³-hybridized carbons (Fsp3) is 0.353. The van der Waals surface area contributed by atoms with Gasteiger partial charge in [-0.1, -0.05) is 0 Å². The first-order valence-corrected chi connectivity index (χ1v) is 7.72. The summed E-state index contributed by atoms with van der Waals surface area (Å²) >= 11 is 0. The van der Waals surface area contributed by atoms with E-state index in [9.17, 15) is 5.11 Å². The van der Waals surface area contributed by atoms with Crippen LogP contribution in [0.25, 0.3) is 11.0 Å². The van der Waals surface area contributed by atoms with E-state index in [1.807, 2.05) is 27.7 Å². The van der Waals surface area contributed by atoms with Gasteiger partial charge in [-0.05, 0) is 27.7 Å². The SMILES string of the molecule is Cc1ncc(CO)c2c(Nc3cnccn3)c(NC(C)(C)C)oc12. The van der Waals surface area contributed by atoms with Gasteiger partial charge in [0.2, 0.25) is 5.88 Å². The zero-order chi connectivity index (χ0) is 17.3. The maximum Gasteiger partial charge on any atom is 0.218 e. The van der Waals surface area contributed by atoms with Gasteiger partial charge in [-0.15, -0.1) is 0 Å². The van der Waals surface area contributed by atoms with E-state index in [0.717, 1.165) is 16.8 Å². The molecule has 0 saturated carbocycles. The summed E-state index contributed by atoms with van der Waals surface area (Å²) in [7, 11) is 0. The number of hydrogen-bond donors (Lipinski definition) is 3. The number of pyridine rings is 1. The summed E-state index contributed by atoms with van der Waals surface area (Å²) in [6.45, 7) is 7.88. The van der Waals surface area contributed by atoms with E-state index in [2.05, 4.69) is 25.6 Å². The highest BCUT2D eigenvalue weighted by Gasteiger charge is 2.23. The molecule has 0 bridgehead atoms. The van der Waals surface area contributed by atoms with Gasteiger partial charge in [0.05, 0.1) is 23.9 Å². The number of rotatable bonds is 4. The Bertz CT molecular complexity index is 853. The van der Waals surface area contributed by atoms with E-state index in [1.165, 1.54) is 0 Å². The number of nitrogens with zero attached hydrogens (tertiary/aromatic N) is 3. The van der Waals surface area contributed by atoms with Crippen molar-refractivity contribution in [2.45, 2.75) is 39.8 Å². The van der Waals surface area contributed by atoms with Crippen molar-refractivity contribution >= 4 is 28.4 Å². The Balaban J connectivity index is 2.21. The topological polar surface area (TPSA) is 96.1 Å². The molecule has 3 N–H and O–H groups in total. The molecule has 0 unspecified atom stereocenters. The predicted octanol–water partition coefficient (Wildman–Crippen LogP) is 3.37. The summed E-state index contributed by atoms with van der Waals surface area (Å²) in [6.07, 6.45) is 6.52. The van der Waals surface area contributed by atoms with Gasteiger partial charge in [-0.3, -0.25) is 9.97 Å². The van der Waals surface area contributed by atoms with Crippen LogP contribution in [0.3, 0.4) is 0 Å². The van der Waals surface area contributed by atoms with Gasteiger partial charge in [0.25, 0.3) is 0 Å². The standard InChI is InChI=1S/C17H21N5O2/c1-10-15-13(11(9-23)7-20-10)14(16(24-15)22-17(2,3)4)21-12-8-18-5-6-19-12/h5-8,22-23H,9H2,1-4H3,(H,19,21). The largest absolute Gasteiger partial charge is 0.436 e. The summed E-state index contributed by atoms with van der Waals surface area (Å²) in [4.78, 5) is 12.6. The smallest absolute Gasteiger partial charge is 0.218 e. The number of furan rings is 1. The minimum absolute atomic E-state index is 0.132. The Labute approximate surface area is 140 Å². The second kappa shape index (κ2) is 6.09. The number of fused-ring (bicyclic) bond motifs is 1. The van der Waals surface area contributed by atoms with E-state index in [4.69, 9.17) is 4.42 Å². The Morgan fingerprint density at radius 3 is 2.58 bits per heavy atom. The third kappa shape index (κ3) is 3.16. The summed E-state index contributed by atoms with van der Waals surface area (Å²) in [6, 6.07) is 0. The highest BCUT2D eigenvalue weighted by atomic mass is 16.4. The van der Waals surface area contributed by atoms with Crippen LogP contribution < -0.4 is 10.6 Å². The third-order valence-electron chi connectivity index (χ3n) is 3.45. The van der Waals surface area contributed by atoms with Crippen molar-refractivity contribution in [1.82, 2.24) is 15.0 Å². The zero-order valence-electron chi connectivity index (χ0n) is 14.2. The van der Waals surface area contributed by atoms with Gasteiger partial charge in [-0.25, -0.2) is 4.98 Å². The molecule has 0 aliphatic carbocycles. The average molecular weight is 327 g/mol. The molecular weight excluding hydrogens is 306 g/mol. The molecule has 7 heteroatoms. The van der Waals surface area contributed by atoms with Gasteiger partial charge in [0.1, 0.15) is 11.5 Å². The van der Waals surface area contributed by atoms with Crippen LogP contribution in [0.1, 0.15) is 32.0 Å². The molecule has 3 aromatic rings. The Kier molecular flexibility index (Phi) is 4.11. The lowest BCUT2D eigenvalue weighted by Gasteiger charge is -2.21. The van der Waals surface area contributed by atoms with Crippen LogP contribution in [0.4, 0.5) is 17.4 Å². The molecule has 0 radical (unpaired) electrons. The highest BCUT2D eigenvalue weighted by molar-refractivity contribution is 6.01. The molecule has 0 aliphatic rings. The monoisotopic (exact) mass is 327 g/mol. The van der Waals surface area contributed by atoms with Gasteiger partial charge in [0, 0.05) is 29.7 Å². The van der Waals surface area contributed by atoms with Gasteiger partial charge < -0.3 is 20.2 Å². The van der Waals surface area contributed by atoms with Gasteiger partial charge in [-0.2, -0.15) is 0 Å². The van der Waals surface area contributed by atoms with Crippen LogP contribution in [-0.4, -0.2) is 25.6 Å². The molecule has 0 fully saturated rings. The van der Waals surface area contributed by atoms with Crippen molar-refractivity contribution in [2.75, 3.05) is 10.6 Å². The fourth-order valence-electron chi connectivity index (χ4n) is 2.45. The number of aryl methyl sites for hydroxylation is 1. The molecule has 0 aliphatic heterocycles. The molecule has 24 heavy (non-hydrogen) atoms. The van der Waals surface area contributed by atoms with Crippen molar-refractivity contribution in [3.05, 3.63) is 36.0 Å². The molecule has 0 spiro atoms. The fourth-order valence-corrected chi connectivity index (χ4v) is 2.45. The molecule has 7 nitrogen and oxygen atoms in total. The van der Waals surface area contributed by atoms with E-state index in [-0.39, 0.29) is 12.1 Å². The number of aromatic nitrogens is 3. The maximum absolute atomic E-state index is 9.70. The van der Waals surface area contributed by atoms with Crippen LogP contribution in [0.5, 0.6) is 0 Å². The molecule has 0 saturated heterocycles. The summed E-state index contributed by atoms with van der Waals surface area (Å²) in [5.74, 6) is 1.17. The van der Waals surface area contributed by atoms with Gasteiger partial charge >= 0.3 is 0 Å². The number of aliphatic hydroxyl groups excluding tert-OH is 1. The lowest BCUT2D eigenvalue weighted by molar-refractivity contribution is 0.283. The second-order valence-corrected chi connectivity index (χ2v) is 6.63. The molecule has 0 aromatic carbocycles. The number of nitrogens with one attached hydrogen (secondary N) is 2. The molecule has 3 rings (SSSR count). The summed E-state index contributed by atoms with van der Waals surface area (Å²) in [5.41, 5.74) is 2.60. The van der Waals surface area contributed by atoms with E-state index in [1.54, 1.807) is 24.8 Å². The van der Waals surface area contributed by atoms with E-state index >= 15 is 0 Å². The number of aliphatic hydroxyl groups is 1. The minimum Gasteiger partial charge on any atom is -0.436 e. The average Bonchev–Trinajstić information content (AvgIpc) is 2.87. The van der Waals surface area contributed by atoms with Crippen molar-refractivity contribution in [3.63, 3.8) is 0 Å². The molecule has 3 aromatic heterocycles. The molecule has 0 atom stereocenters. The zero-order valence-corrected chi connectivity index (χ0v) is 14.2. The van der Waals surface area contributed by atoms with Crippen LogP contribution in [0.2, 0.25) is 0 Å². The summed E-state index contributed by atoms with van der Waals surface area (Å²) in [5, 5.41) is 17.1. The predicted molar refractivity (Wildman–Crippen MR) is 93.4 cm³/mol. The van der Waals surface area contributed by atoms with Crippen LogP contribution in [0, 0.1) is 6.92 Å². The van der Waals surface area contributed by atoms with Crippen LogP contribution in [-0.2, 0) is 6.61 Å². The molecule has 0 amide bonds. The Hall–Kier alpha value is -2.67. The number of anilines is 3. The van der Waals surface area contributed by atoms with E-state index < -0.39 is 0 Å². The second-order valence-electron chi connectivity index (χ2n) is 6.63. The first-order valence-electron chi connectivity index (χ1n) is 7.72. The summed E-state index contributed by atoms with van der Waals surface area (Å²) < 4.78 is 6.03. The number of hydrogen-bond acceptors (Lipinski definition) is 7. The van der Waals surface area contributed by atoms with E-state index in [0.29, 0.717) is 22.8 Å². The lowest BCUT2D eigenvalue weighted by atomic mass is 10.1. The third-order valence-corrected chi connectivity index (χ3v) is 3.45. The van der Waals surface area contributed by atoms with Crippen molar-refractivity contribution < 1.29 is 9.52 Å². The molecule has 126 valence electrons. The van der Waals surface area contributed by atoms with Crippen LogP contribution in [0.15, 0.2) is 29.2 Å².